The molecular formula is C17H22O6. The van der Waals surface area contributed by atoms with Crippen molar-refractivity contribution in [1.82, 2.24) is 0 Å². The zero-order chi connectivity index (χ0) is 16.7. The molecule has 126 valence electrons. The maximum atomic E-state index is 11.6. The molecule has 1 unspecified atom stereocenters. The molecule has 6 nitrogen and oxygen atoms in total. The summed E-state index contributed by atoms with van der Waals surface area (Å²) in [5.74, 6) is -1.51. The van der Waals surface area contributed by atoms with Crippen LogP contribution in [0.1, 0.15) is 32.3 Å². The molecule has 0 bridgehead atoms. The highest BCUT2D eigenvalue weighted by molar-refractivity contribution is 5.77. The van der Waals surface area contributed by atoms with Gasteiger partial charge in [0.15, 0.2) is 5.79 Å². The fourth-order valence-electron chi connectivity index (χ4n) is 2.12. The average molecular weight is 322 g/mol. The summed E-state index contributed by atoms with van der Waals surface area (Å²) in [5.41, 5.74) is 0.907. The first-order chi connectivity index (χ1) is 10.9. The van der Waals surface area contributed by atoms with E-state index in [9.17, 15) is 9.59 Å². The van der Waals surface area contributed by atoms with Crippen LogP contribution in [0.2, 0.25) is 0 Å². The topological polar surface area (TPSA) is 71.1 Å². The molecular weight excluding hydrogens is 300 g/mol. The van der Waals surface area contributed by atoms with Crippen LogP contribution >= 0.6 is 0 Å². The lowest BCUT2D eigenvalue weighted by Crippen LogP contribution is -2.25. The number of benzene rings is 1. The number of ether oxygens (including phenoxy) is 4. The molecule has 1 fully saturated rings. The Morgan fingerprint density at radius 3 is 2.39 bits per heavy atom. The fourth-order valence-corrected chi connectivity index (χ4v) is 2.12. The summed E-state index contributed by atoms with van der Waals surface area (Å²) in [6, 6.07) is 9.37. The Morgan fingerprint density at radius 2 is 1.78 bits per heavy atom. The van der Waals surface area contributed by atoms with Crippen LogP contribution in [-0.2, 0) is 35.1 Å². The quantitative estimate of drug-likeness (QED) is 0.717. The molecule has 1 aromatic carbocycles. The van der Waals surface area contributed by atoms with Crippen LogP contribution in [0.15, 0.2) is 30.3 Å². The van der Waals surface area contributed by atoms with Gasteiger partial charge in [-0.25, -0.2) is 0 Å². The van der Waals surface area contributed by atoms with Gasteiger partial charge in [-0.1, -0.05) is 30.3 Å². The van der Waals surface area contributed by atoms with E-state index in [1.54, 1.807) is 13.8 Å². The minimum absolute atomic E-state index is 0.000810. The van der Waals surface area contributed by atoms with E-state index in [-0.39, 0.29) is 32.2 Å². The summed E-state index contributed by atoms with van der Waals surface area (Å²) in [6.07, 6.45) is -0.275. The summed E-state index contributed by atoms with van der Waals surface area (Å²) in [6.45, 7) is 4.33. The number of carbonyl (C=O) groups is 2. The van der Waals surface area contributed by atoms with E-state index in [2.05, 4.69) is 0 Å². The zero-order valence-electron chi connectivity index (χ0n) is 13.4. The molecule has 1 aromatic rings. The van der Waals surface area contributed by atoms with Gasteiger partial charge < -0.3 is 18.9 Å². The van der Waals surface area contributed by atoms with Crippen molar-refractivity contribution in [3.8, 4) is 0 Å². The Balaban J connectivity index is 1.58. The monoisotopic (exact) mass is 322 g/mol. The fraction of sp³-hybridized carbons (Fsp3) is 0.529. The van der Waals surface area contributed by atoms with Gasteiger partial charge in [0.25, 0.3) is 0 Å². The molecule has 0 aliphatic carbocycles. The van der Waals surface area contributed by atoms with E-state index in [0.717, 1.165) is 5.56 Å². The molecule has 6 heteroatoms. The molecule has 1 aliphatic rings. The van der Waals surface area contributed by atoms with Crippen molar-refractivity contribution in [3.63, 3.8) is 0 Å². The molecule has 23 heavy (non-hydrogen) atoms. The largest absolute Gasteiger partial charge is 0.463 e. The Bertz CT molecular complexity index is 525. The van der Waals surface area contributed by atoms with Crippen molar-refractivity contribution in [1.29, 1.82) is 0 Å². The molecule has 1 heterocycles. The molecule has 0 radical (unpaired) electrons. The zero-order valence-corrected chi connectivity index (χ0v) is 13.4. The van der Waals surface area contributed by atoms with Crippen molar-refractivity contribution in [2.24, 2.45) is 0 Å². The second-order valence-corrected chi connectivity index (χ2v) is 5.78. The SMILES string of the molecule is CC1(C)OCC(COC(=O)CCC(=O)OCc2ccccc2)O1. The molecule has 0 saturated carbocycles. The third-order valence-corrected chi connectivity index (χ3v) is 3.27. The number of esters is 2. The molecule has 0 N–H and O–H groups in total. The van der Waals surface area contributed by atoms with E-state index in [1.807, 2.05) is 30.3 Å². The minimum atomic E-state index is -0.641. The van der Waals surface area contributed by atoms with Crippen LogP contribution in [0.25, 0.3) is 0 Å². The summed E-state index contributed by atoms with van der Waals surface area (Å²) in [7, 11) is 0. The third kappa shape index (κ3) is 6.38. The van der Waals surface area contributed by atoms with Crippen LogP contribution in [0.5, 0.6) is 0 Å². The van der Waals surface area contributed by atoms with Crippen molar-refractivity contribution < 1.29 is 28.5 Å². The van der Waals surface area contributed by atoms with Crippen molar-refractivity contribution in [2.75, 3.05) is 13.2 Å². The molecule has 1 saturated heterocycles. The first-order valence-corrected chi connectivity index (χ1v) is 7.61. The highest BCUT2D eigenvalue weighted by Crippen LogP contribution is 2.22. The molecule has 0 spiro atoms. The summed E-state index contributed by atoms with van der Waals surface area (Å²) in [4.78, 5) is 23.2. The van der Waals surface area contributed by atoms with E-state index < -0.39 is 17.7 Å². The standard InChI is InChI=1S/C17H22O6/c1-17(2)22-12-14(23-17)11-21-16(19)9-8-15(18)20-10-13-6-4-3-5-7-13/h3-7,14H,8-12H2,1-2H3. The number of carbonyl (C=O) groups excluding carboxylic acids is 2. The Labute approximate surface area is 135 Å². The normalized spacial score (nSPS) is 19.3. The number of rotatable bonds is 7. The van der Waals surface area contributed by atoms with Gasteiger partial charge in [-0.2, -0.15) is 0 Å². The van der Waals surface area contributed by atoms with Crippen molar-refractivity contribution in [3.05, 3.63) is 35.9 Å². The maximum absolute atomic E-state index is 11.6. The minimum Gasteiger partial charge on any atom is -0.463 e. The summed E-state index contributed by atoms with van der Waals surface area (Å²) >= 11 is 0. The van der Waals surface area contributed by atoms with Gasteiger partial charge in [0, 0.05) is 0 Å². The molecule has 0 aromatic heterocycles. The highest BCUT2D eigenvalue weighted by atomic mass is 16.7. The number of hydrogen-bond acceptors (Lipinski definition) is 6. The van der Waals surface area contributed by atoms with Crippen LogP contribution in [0.3, 0.4) is 0 Å². The van der Waals surface area contributed by atoms with Gasteiger partial charge in [0.2, 0.25) is 0 Å². The Kier molecular flexibility index (Phi) is 6.12. The maximum Gasteiger partial charge on any atom is 0.306 e. The van der Waals surface area contributed by atoms with Crippen LogP contribution in [0, 0.1) is 0 Å². The van der Waals surface area contributed by atoms with E-state index in [1.165, 1.54) is 0 Å². The van der Waals surface area contributed by atoms with Crippen molar-refractivity contribution >= 4 is 11.9 Å². The smallest absolute Gasteiger partial charge is 0.306 e. The van der Waals surface area contributed by atoms with Gasteiger partial charge in [-0.05, 0) is 19.4 Å². The molecule has 1 aliphatic heterocycles. The molecule has 0 amide bonds. The van der Waals surface area contributed by atoms with Crippen LogP contribution < -0.4 is 0 Å². The second-order valence-electron chi connectivity index (χ2n) is 5.78. The average Bonchev–Trinajstić information content (AvgIpc) is 2.89. The predicted octanol–water partition coefficient (Wildman–Crippen LogP) is 2.20. The van der Waals surface area contributed by atoms with E-state index >= 15 is 0 Å². The van der Waals surface area contributed by atoms with Gasteiger partial charge in [0.05, 0.1) is 19.4 Å². The van der Waals surface area contributed by atoms with Gasteiger partial charge in [-0.3, -0.25) is 9.59 Å². The van der Waals surface area contributed by atoms with Crippen molar-refractivity contribution in [2.45, 2.75) is 45.2 Å². The van der Waals surface area contributed by atoms with Gasteiger partial charge >= 0.3 is 11.9 Å². The lowest BCUT2D eigenvalue weighted by atomic mass is 10.2. The van der Waals surface area contributed by atoms with Crippen LogP contribution in [-0.4, -0.2) is 37.0 Å². The first kappa shape index (κ1) is 17.4. The molecule has 1 atom stereocenters. The molecule has 2 rings (SSSR count). The van der Waals surface area contributed by atoms with Gasteiger partial charge in [-0.15, -0.1) is 0 Å². The Morgan fingerprint density at radius 1 is 1.13 bits per heavy atom. The van der Waals surface area contributed by atoms with E-state index in [0.29, 0.717) is 6.61 Å². The summed E-state index contributed by atoms with van der Waals surface area (Å²) in [5, 5.41) is 0. The van der Waals surface area contributed by atoms with E-state index in [4.69, 9.17) is 18.9 Å². The Hall–Kier alpha value is -1.92. The first-order valence-electron chi connectivity index (χ1n) is 7.61. The third-order valence-electron chi connectivity index (χ3n) is 3.27. The van der Waals surface area contributed by atoms with Gasteiger partial charge in [0.1, 0.15) is 19.3 Å². The van der Waals surface area contributed by atoms with Crippen LogP contribution in [0.4, 0.5) is 0 Å². The predicted molar refractivity (Wildman–Crippen MR) is 81.3 cm³/mol. The lowest BCUT2D eigenvalue weighted by Gasteiger charge is -2.16. The lowest BCUT2D eigenvalue weighted by molar-refractivity contribution is -0.159. The number of hydrogen-bond donors (Lipinski definition) is 0. The second kappa shape index (κ2) is 8.08. The summed E-state index contributed by atoms with van der Waals surface area (Å²) < 4.78 is 21.1. The highest BCUT2D eigenvalue weighted by Gasteiger charge is 2.33.